The van der Waals surface area contributed by atoms with Crippen molar-refractivity contribution in [2.24, 2.45) is 0 Å². The van der Waals surface area contributed by atoms with Crippen LogP contribution in [0.2, 0.25) is 0 Å². The van der Waals surface area contributed by atoms with E-state index in [1.807, 2.05) is 0 Å². The third-order valence-electron chi connectivity index (χ3n) is 2.59. The minimum atomic E-state index is -0.140. The predicted octanol–water partition coefficient (Wildman–Crippen LogP) is 1.85. The molecule has 0 aliphatic carbocycles. The van der Waals surface area contributed by atoms with Gasteiger partial charge in [-0.25, -0.2) is 0 Å². The highest BCUT2D eigenvalue weighted by Crippen LogP contribution is 2.27. The van der Waals surface area contributed by atoms with Crippen LogP contribution in [0.5, 0.6) is 5.75 Å². The average molecular weight is 285 g/mol. The van der Waals surface area contributed by atoms with Crippen LogP contribution in [-0.4, -0.2) is 23.6 Å². The van der Waals surface area contributed by atoms with E-state index in [-0.39, 0.29) is 17.7 Å². The van der Waals surface area contributed by atoms with E-state index in [9.17, 15) is 9.90 Å². The standard InChI is InChI=1S/C11H13BrN2O2/c12-7-3-4-10(15)9(6-7)14-11(16)8-2-1-5-13-8/h3-4,6,8,13,15H,1-2,5H2,(H,14,16). The minimum Gasteiger partial charge on any atom is -0.506 e. The van der Waals surface area contributed by atoms with Crippen LogP contribution in [0.3, 0.4) is 0 Å². The van der Waals surface area contributed by atoms with Crippen LogP contribution in [0.4, 0.5) is 5.69 Å². The number of carbonyl (C=O) groups excluding carboxylic acids is 1. The smallest absolute Gasteiger partial charge is 0.241 e. The maximum absolute atomic E-state index is 11.8. The van der Waals surface area contributed by atoms with E-state index < -0.39 is 0 Å². The lowest BCUT2D eigenvalue weighted by Gasteiger charge is -2.12. The van der Waals surface area contributed by atoms with Gasteiger partial charge in [0.1, 0.15) is 5.75 Å². The molecule has 1 aliphatic heterocycles. The summed E-state index contributed by atoms with van der Waals surface area (Å²) in [7, 11) is 0. The number of amides is 1. The fourth-order valence-corrected chi connectivity index (χ4v) is 2.10. The highest BCUT2D eigenvalue weighted by molar-refractivity contribution is 9.10. The first-order valence-electron chi connectivity index (χ1n) is 5.19. The molecule has 0 spiro atoms. The second-order valence-electron chi connectivity index (χ2n) is 3.80. The zero-order chi connectivity index (χ0) is 11.5. The van der Waals surface area contributed by atoms with Crippen molar-refractivity contribution in [3.05, 3.63) is 22.7 Å². The van der Waals surface area contributed by atoms with Crippen molar-refractivity contribution >= 4 is 27.5 Å². The molecular formula is C11H13BrN2O2. The fraction of sp³-hybridized carbons (Fsp3) is 0.364. The van der Waals surface area contributed by atoms with Gasteiger partial charge in [0, 0.05) is 4.47 Å². The van der Waals surface area contributed by atoms with E-state index >= 15 is 0 Å². The molecule has 5 heteroatoms. The SMILES string of the molecule is O=C(Nc1cc(Br)ccc1O)C1CCCN1. The maximum Gasteiger partial charge on any atom is 0.241 e. The third kappa shape index (κ3) is 2.54. The first kappa shape index (κ1) is 11.4. The zero-order valence-corrected chi connectivity index (χ0v) is 10.3. The second-order valence-corrected chi connectivity index (χ2v) is 4.72. The van der Waals surface area contributed by atoms with Crippen molar-refractivity contribution in [2.75, 3.05) is 11.9 Å². The molecule has 4 nitrogen and oxygen atoms in total. The Morgan fingerprint density at radius 2 is 2.38 bits per heavy atom. The summed E-state index contributed by atoms with van der Waals surface area (Å²) in [4.78, 5) is 11.8. The quantitative estimate of drug-likeness (QED) is 0.727. The first-order valence-corrected chi connectivity index (χ1v) is 5.99. The first-order chi connectivity index (χ1) is 7.66. The Hall–Kier alpha value is -1.07. The van der Waals surface area contributed by atoms with Gasteiger partial charge in [-0.2, -0.15) is 0 Å². The highest BCUT2D eigenvalue weighted by Gasteiger charge is 2.22. The Balaban J connectivity index is 2.07. The molecule has 3 N–H and O–H groups in total. The number of rotatable bonds is 2. The van der Waals surface area contributed by atoms with E-state index in [1.54, 1.807) is 18.2 Å². The van der Waals surface area contributed by atoms with Crippen molar-refractivity contribution in [3.8, 4) is 5.75 Å². The molecule has 1 aliphatic rings. The van der Waals surface area contributed by atoms with E-state index in [4.69, 9.17) is 0 Å². The number of hydrogen-bond donors (Lipinski definition) is 3. The van der Waals surface area contributed by atoms with Gasteiger partial charge in [0.15, 0.2) is 0 Å². The summed E-state index contributed by atoms with van der Waals surface area (Å²) in [5.41, 5.74) is 0.438. The number of benzene rings is 1. The molecule has 0 aromatic heterocycles. The summed E-state index contributed by atoms with van der Waals surface area (Å²) in [6.07, 6.45) is 1.86. The molecule has 0 radical (unpaired) electrons. The van der Waals surface area contributed by atoms with E-state index in [2.05, 4.69) is 26.6 Å². The normalized spacial score (nSPS) is 19.7. The lowest BCUT2D eigenvalue weighted by Crippen LogP contribution is -2.35. The fourth-order valence-electron chi connectivity index (χ4n) is 1.74. The molecule has 1 unspecified atom stereocenters. The van der Waals surface area contributed by atoms with Crippen molar-refractivity contribution in [2.45, 2.75) is 18.9 Å². The summed E-state index contributed by atoms with van der Waals surface area (Å²) in [5, 5.41) is 15.4. The summed E-state index contributed by atoms with van der Waals surface area (Å²) in [6.45, 7) is 0.878. The van der Waals surface area contributed by atoms with E-state index in [0.29, 0.717) is 5.69 Å². The van der Waals surface area contributed by atoms with Crippen LogP contribution >= 0.6 is 15.9 Å². The van der Waals surface area contributed by atoms with Gasteiger partial charge in [-0.15, -0.1) is 0 Å². The van der Waals surface area contributed by atoms with Crippen LogP contribution in [-0.2, 0) is 4.79 Å². The Morgan fingerprint density at radius 1 is 1.56 bits per heavy atom. The molecule has 2 rings (SSSR count). The number of phenolic OH excluding ortho intramolecular Hbond substituents is 1. The van der Waals surface area contributed by atoms with E-state index in [1.165, 1.54) is 0 Å². The molecule has 0 bridgehead atoms. The molecule has 1 saturated heterocycles. The van der Waals surface area contributed by atoms with Crippen LogP contribution in [0.25, 0.3) is 0 Å². The zero-order valence-electron chi connectivity index (χ0n) is 8.66. The van der Waals surface area contributed by atoms with Crippen LogP contribution in [0, 0.1) is 0 Å². The molecule has 86 valence electrons. The topological polar surface area (TPSA) is 61.4 Å². The highest BCUT2D eigenvalue weighted by atomic mass is 79.9. The minimum absolute atomic E-state index is 0.0783. The molecule has 1 aromatic rings. The van der Waals surface area contributed by atoms with Crippen molar-refractivity contribution in [1.29, 1.82) is 0 Å². The lowest BCUT2D eigenvalue weighted by molar-refractivity contribution is -0.117. The van der Waals surface area contributed by atoms with Gasteiger partial charge in [-0.05, 0) is 37.6 Å². The van der Waals surface area contributed by atoms with Crippen LogP contribution in [0.1, 0.15) is 12.8 Å². The molecule has 1 fully saturated rings. The molecule has 1 heterocycles. The maximum atomic E-state index is 11.8. The summed E-state index contributed by atoms with van der Waals surface area (Å²) >= 11 is 3.29. The largest absolute Gasteiger partial charge is 0.506 e. The number of aromatic hydroxyl groups is 1. The van der Waals surface area contributed by atoms with Gasteiger partial charge >= 0.3 is 0 Å². The molecule has 1 aromatic carbocycles. The van der Waals surface area contributed by atoms with Crippen molar-refractivity contribution < 1.29 is 9.90 Å². The van der Waals surface area contributed by atoms with Gasteiger partial charge in [-0.1, -0.05) is 15.9 Å². The second kappa shape index (κ2) is 4.84. The van der Waals surface area contributed by atoms with Gasteiger partial charge < -0.3 is 15.7 Å². The number of phenols is 1. The molecule has 0 saturated carbocycles. The molecular weight excluding hydrogens is 272 g/mol. The summed E-state index contributed by atoms with van der Waals surface area (Å²) < 4.78 is 0.819. The number of hydrogen-bond acceptors (Lipinski definition) is 3. The molecule has 1 atom stereocenters. The number of nitrogens with one attached hydrogen (secondary N) is 2. The molecule has 16 heavy (non-hydrogen) atoms. The molecule has 1 amide bonds. The van der Waals surface area contributed by atoms with E-state index in [0.717, 1.165) is 23.9 Å². The predicted molar refractivity (Wildman–Crippen MR) is 65.5 cm³/mol. The Morgan fingerprint density at radius 3 is 3.06 bits per heavy atom. The Bertz CT molecular complexity index is 403. The van der Waals surface area contributed by atoms with Crippen molar-refractivity contribution in [1.82, 2.24) is 5.32 Å². The van der Waals surface area contributed by atoms with Crippen LogP contribution < -0.4 is 10.6 Å². The van der Waals surface area contributed by atoms with Gasteiger partial charge in [0.25, 0.3) is 0 Å². The van der Waals surface area contributed by atoms with Crippen molar-refractivity contribution in [3.63, 3.8) is 0 Å². The average Bonchev–Trinajstić information content (AvgIpc) is 2.76. The Labute approximate surface area is 102 Å². The number of carbonyl (C=O) groups is 1. The van der Waals surface area contributed by atoms with Gasteiger partial charge in [-0.3, -0.25) is 4.79 Å². The number of halogens is 1. The lowest BCUT2D eigenvalue weighted by atomic mass is 10.2. The third-order valence-corrected chi connectivity index (χ3v) is 3.09. The summed E-state index contributed by atoms with van der Waals surface area (Å²) in [5.74, 6) is -0.0135. The van der Waals surface area contributed by atoms with Gasteiger partial charge in [0.05, 0.1) is 11.7 Å². The Kier molecular flexibility index (Phi) is 3.46. The monoisotopic (exact) mass is 284 g/mol. The van der Waals surface area contributed by atoms with Crippen LogP contribution in [0.15, 0.2) is 22.7 Å². The van der Waals surface area contributed by atoms with Gasteiger partial charge in [0.2, 0.25) is 5.91 Å². The summed E-state index contributed by atoms with van der Waals surface area (Å²) in [6, 6.07) is 4.81. The number of anilines is 1.